The largest absolute Gasteiger partial charge is 0.480 e. The van der Waals surface area contributed by atoms with Crippen molar-refractivity contribution in [2.75, 3.05) is 24.6 Å². The topological polar surface area (TPSA) is 40.5 Å². The minimum atomic E-state index is -0.695. The van der Waals surface area contributed by atoms with E-state index in [-0.39, 0.29) is 6.04 Å². The molecule has 0 radical (unpaired) electrons. The van der Waals surface area contributed by atoms with Gasteiger partial charge >= 0.3 is 5.97 Å². The van der Waals surface area contributed by atoms with Gasteiger partial charge in [0.05, 0.1) is 0 Å². The molecule has 14 heavy (non-hydrogen) atoms. The van der Waals surface area contributed by atoms with Gasteiger partial charge in [0.1, 0.15) is 6.04 Å². The molecule has 1 aliphatic rings. The summed E-state index contributed by atoms with van der Waals surface area (Å²) in [6.07, 6.45) is 0.897. The molecule has 0 spiro atoms. The summed E-state index contributed by atoms with van der Waals surface area (Å²) in [6.45, 7) is 7.52. The van der Waals surface area contributed by atoms with Crippen LogP contribution in [0.2, 0.25) is 0 Å². The van der Waals surface area contributed by atoms with E-state index < -0.39 is 5.97 Å². The van der Waals surface area contributed by atoms with Gasteiger partial charge in [-0.15, -0.1) is 6.58 Å². The van der Waals surface area contributed by atoms with Gasteiger partial charge in [-0.05, 0) is 13.3 Å². The summed E-state index contributed by atoms with van der Waals surface area (Å²) >= 11 is 1.72. The maximum absolute atomic E-state index is 10.9. The standard InChI is InChI=1S/C10H17NO2S/c1-8(2)3-4-11-5-6-14-7-9(11)10(12)13/h9H,1,3-7H2,2H3,(H,12,13). The first-order valence-corrected chi connectivity index (χ1v) is 5.95. The number of hydrogen-bond donors (Lipinski definition) is 1. The van der Waals surface area contributed by atoms with Crippen LogP contribution in [0.5, 0.6) is 0 Å². The van der Waals surface area contributed by atoms with Crippen LogP contribution in [0.15, 0.2) is 12.2 Å². The zero-order valence-corrected chi connectivity index (χ0v) is 9.35. The molecule has 1 rings (SSSR count). The number of rotatable bonds is 4. The highest BCUT2D eigenvalue weighted by Gasteiger charge is 2.27. The van der Waals surface area contributed by atoms with Crippen molar-refractivity contribution >= 4 is 17.7 Å². The Balaban J connectivity index is 2.45. The number of thioether (sulfide) groups is 1. The van der Waals surface area contributed by atoms with E-state index in [1.54, 1.807) is 11.8 Å². The Bertz CT molecular complexity index is 230. The van der Waals surface area contributed by atoms with Gasteiger partial charge in [0, 0.05) is 24.6 Å². The third-order valence-corrected chi connectivity index (χ3v) is 3.37. The van der Waals surface area contributed by atoms with Crippen LogP contribution >= 0.6 is 11.8 Å². The van der Waals surface area contributed by atoms with Crippen molar-refractivity contribution in [1.82, 2.24) is 4.90 Å². The fourth-order valence-corrected chi connectivity index (χ4v) is 2.57. The van der Waals surface area contributed by atoms with Gasteiger partial charge in [-0.25, -0.2) is 0 Å². The molecule has 4 heteroatoms. The van der Waals surface area contributed by atoms with Gasteiger partial charge in [-0.1, -0.05) is 5.57 Å². The first-order valence-electron chi connectivity index (χ1n) is 4.80. The summed E-state index contributed by atoms with van der Waals surface area (Å²) in [4.78, 5) is 13.0. The minimum absolute atomic E-state index is 0.298. The van der Waals surface area contributed by atoms with E-state index >= 15 is 0 Å². The second-order valence-corrected chi connectivity index (χ2v) is 4.82. The number of carboxylic acid groups (broad SMARTS) is 1. The summed E-state index contributed by atoms with van der Waals surface area (Å²) in [5.74, 6) is 1.06. The maximum Gasteiger partial charge on any atom is 0.321 e. The van der Waals surface area contributed by atoms with E-state index in [2.05, 4.69) is 6.58 Å². The molecule has 1 aliphatic heterocycles. The van der Waals surface area contributed by atoms with E-state index in [9.17, 15) is 4.79 Å². The van der Waals surface area contributed by atoms with E-state index in [1.807, 2.05) is 11.8 Å². The lowest BCUT2D eigenvalue weighted by Crippen LogP contribution is -2.47. The Morgan fingerprint density at radius 3 is 3.00 bits per heavy atom. The minimum Gasteiger partial charge on any atom is -0.480 e. The number of nitrogens with zero attached hydrogens (tertiary/aromatic N) is 1. The zero-order valence-electron chi connectivity index (χ0n) is 8.53. The second-order valence-electron chi connectivity index (χ2n) is 3.67. The average Bonchev–Trinajstić information content (AvgIpc) is 2.15. The Hall–Kier alpha value is -0.480. The monoisotopic (exact) mass is 215 g/mol. The van der Waals surface area contributed by atoms with Crippen molar-refractivity contribution in [3.63, 3.8) is 0 Å². The van der Waals surface area contributed by atoms with Crippen molar-refractivity contribution < 1.29 is 9.90 Å². The van der Waals surface area contributed by atoms with Crippen LogP contribution in [0, 0.1) is 0 Å². The second kappa shape index (κ2) is 5.41. The lowest BCUT2D eigenvalue weighted by molar-refractivity contribution is -0.142. The summed E-state index contributed by atoms with van der Waals surface area (Å²) in [6, 6.07) is -0.298. The number of hydrogen-bond acceptors (Lipinski definition) is 3. The molecule has 0 bridgehead atoms. The van der Waals surface area contributed by atoms with Crippen LogP contribution in [0.1, 0.15) is 13.3 Å². The highest BCUT2D eigenvalue weighted by Crippen LogP contribution is 2.17. The van der Waals surface area contributed by atoms with Crippen LogP contribution < -0.4 is 0 Å². The predicted molar refractivity (Wildman–Crippen MR) is 59.8 cm³/mol. The van der Waals surface area contributed by atoms with E-state index in [0.29, 0.717) is 5.75 Å². The summed E-state index contributed by atoms with van der Waals surface area (Å²) < 4.78 is 0. The molecule has 80 valence electrons. The lowest BCUT2D eigenvalue weighted by atomic mass is 10.2. The van der Waals surface area contributed by atoms with Crippen molar-refractivity contribution in [2.45, 2.75) is 19.4 Å². The molecular weight excluding hydrogens is 198 g/mol. The number of aliphatic carboxylic acids is 1. The Kier molecular flexibility index (Phi) is 4.48. The van der Waals surface area contributed by atoms with Crippen molar-refractivity contribution in [3.8, 4) is 0 Å². The molecule has 0 amide bonds. The van der Waals surface area contributed by atoms with E-state index in [4.69, 9.17) is 5.11 Å². The van der Waals surface area contributed by atoms with Crippen molar-refractivity contribution in [3.05, 3.63) is 12.2 Å². The highest BCUT2D eigenvalue weighted by atomic mass is 32.2. The molecule has 1 fully saturated rings. The Morgan fingerprint density at radius 2 is 2.43 bits per heavy atom. The molecule has 1 N–H and O–H groups in total. The van der Waals surface area contributed by atoms with Crippen molar-refractivity contribution in [2.24, 2.45) is 0 Å². The van der Waals surface area contributed by atoms with Crippen LogP contribution in [0.3, 0.4) is 0 Å². The molecule has 0 aromatic rings. The van der Waals surface area contributed by atoms with E-state index in [1.165, 1.54) is 0 Å². The average molecular weight is 215 g/mol. The SMILES string of the molecule is C=C(C)CCN1CCSCC1C(=O)O. The molecule has 0 aromatic heterocycles. The van der Waals surface area contributed by atoms with Crippen molar-refractivity contribution in [1.29, 1.82) is 0 Å². The molecule has 0 saturated carbocycles. The molecule has 0 aliphatic carbocycles. The van der Waals surface area contributed by atoms with Crippen LogP contribution in [0.4, 0.5) is 0 Å². The third-order valence-electron chi connectivity index (χ3n) is 2.35. The predicted octanol–water partition coefficient (Wildman–Crippen LogP) is 1.45. The summed E-state index contributed by atoms with van der Waals surface area (Å²) in [5, 5.41) is 9.00. The number of carbonyl (C=O) groups is 1. The molecule has 1 heterocycles. The molecular formula is C10H17NO2S. The summed E-state index contributed by atoms with van der Waals surface area (Å²) in [7, 11) is 0. The first kappa shape index (κ1) is 11.6. The Labute approximate surface area is 89.2 Å². The molecule has 1 unspecified atom stereocenters. The fourth-order valence-electron chi connectivity index (χ4n) is 1.47. The van der Waals surface area contributed by atoms with Crippen LogP contribution in [-0.2, 0) is 4.79 Å². The lowest BCUT2D eigenvalue weighted by Gasteiger charge is -2.32. The molecule has 3 nitrogen and oxygen atoms in total. The van der Waals surface area contributed by atoms with Gasteiger partial charge in [-0.3, -0.25) is 9.69 Å². The molecule has 1 atom stereocenters. The van der Waals surface area contributed by atoms with Gasteiger partial charge in [0.25, 0.3) is 0 Å². The van der Waals surface area contributed by atoms with Gasteiger partial charge in [-0.2, -0.15) is 11.8 Å². The van der Waals surface area contributed by atoms with Crippen LogP contribution in [0.25, 0.3) is 0 Å². The molecule has 0 aromatic carbocycles. The van der Waals surface area contributed by atoms with Crippen LogP contribution in [-0.4, -0.2) is 46.6 Å². The number of carboxylic acids is 1. The quantitative estimate of drug-likeness (QED) is 0.721. The van der Waals surface area contributed by atoms with Gasteiger partial charge < -0.3 is 5.11 Å². The highest BCUT2D eigenvalue weighted by molar-refractivity contribution is 7.99. The zero-order chi connectivity index (χ0) is 10.6. The smallest absolute Gasteiger partial charge is 0.321 e. The maximum atomic E-state index is 10.9. The third kappa shape index (κ3) is 3.35. The van der Waals surface area contributed by atoms with E-state index in [0.717, 1.165) is 30.8 Å². The normalized spacial score (nSPS) is 23.4. The fraction of sp³-hybridized carbons (Fsp3) is 0.700. The first-order chi connectivity index (χ1) is 6.61. The molecule has 1 saturated heterocycles. The van der Waals surface area contributed by atoms with Gasteiger partial charge in [0.2, 0.25) is 0 Å². The Morgan fingerprint density at radius 1 is 1.71 bits per heavy atom. The summed E-state index contributed by atoms with van der Waals surface area (Å²) in [5.41, 5.74) is 1.12. The van der Waals surface area contributed by atoms with Gasteiger partial charge in [0.15, 0.2) is 0 Å².